The highest BCUT2D eigenvalue weighted by molar-refractivity contribution is 6.39. The van der Waals surface area contributed by atoms with E-state index in [4.69, 9.17) is 27.9 Å². The van der Waals surface area contributed by atoms with Crippen LogP contribution < -0.4 is 5.32 Å². The van der Waals surface area contributed by atoms with Crippen LogP contribution in [0.1, 0.15) is 31.7 Å². The zero-order valence-corrected chi connectivity index (χ0v) is 16.2. The van der Waals surface area contributed by atoms with Crippen molar-refractivity contribution >= 4 is 40.8 Å². The van der Waals surface area contributed by atoms with Crippen LogP contribution in [0.5, 0.6) is 0 Å². The monoisotopic (exact) mass is 393 g/mol. The Hall–Kier alpha value is -2.04. The molecule has 138 valence electrons. The molecule has 0 spiro atoms. The van der Waals surface area contributed by atoms with Gasteiger partial charge in [-0.1, -0.05) is 79.9 Å². The number of rotatable bonds is 7. The van der Waals surface area contributed by atoms with Crippen LogP contribution in [0.4, 0.5) is 5.69 Å². The van der Waals surface area contributed by atoms with E-state index < -0.39 is 24.4 Å². The minimum Gasteiger partial charge on any atom is -0.455 e. The van der Waals surface area contributed by atoms with Crippen LogP contribution in [0.2, 0.25) is 10.0 Å². The van der Waals surface area contributed by atoms with Crippen LogP contribution in [-0.2, 0) is 14.3 Å². The highest BCUT2D eigenvalue weighted by Gasteiger charge is 2.27. The minimum absolute atomic E-state index is 0.0889. The average Bonchev–Trinajstić information content (AvgIpc) is 2.64. The van der Waals surface area contributed by atoms with Gasteiger partial charge >= 0.3 is 5.97 Å². The van der Waals surface area contributed by atoms with Crippen molar-refractivity contribution in [2.75, 3.05) is 11.9 Å². The summed E-state index contributed by atoms with van der Waals surface area (Å²) in [5, 5.41) is 3.21. The summed E-state index contributed by atoms with van der Waals surface area (Å²) in [6, 6.07) is 14.3. The third kappa shape index (κ3) is 5.23. The summed E-state index contributed by atoms with van der Waals surface area (Å²) in [6.07, 6.45) is 0.816. The van der Waals surface area contributed by atoms with Gasteiger partial charge in [0.15, 0.2) is 6.61 Å². The van der Waals surface area contributed by atoms with Gasteiger partial charge in [-0.25, -0.2) is 0 Å². The lowest BCUT2D eigenvalue weighted by molar-refractivity contribution is -0.150. The summed E-state index contributed by atoms with van der Waals surface area (Å²) < 4.78 is 5.26. The van der Waals surface area contributed by atoms with Crippen molar-refractivity contribution in [2.24, 2.45) is 5.92 Å². The molecule has 6 heteroatoms. The Morgan fingerprint density at radius 1 is 1.04 bits per heavy atom. The number of para-hydroxylation sites is 1. The first-order valence-electron chi connectivity index (χ1n) is 8.39. The standard InChI is InChI=1S/C20H21Cl2NO3/c1-3-13(2)18(14-8-5-4-6-9-14)20(25)26-12-17(24)23-19-15(21)10-7-11-16(19)22/h4-11,13,18H,3,12H2,1-2H3,(H,23,24)/t13-,18-/m1/s1. The first kappa shape index (κ1) is 20.3. The maximum atomic E-state index is 12.6. The molecule has 0 saturated heterocycles. The van der Waals surface area contributed by atoms with Crippen LogP contribution in [0, 0.1) is 5.92 Å². The predicted molar refractivity (Wildman–Crippen MR) is 105 cm³/mol. The van der Waals surface area contributed by atoms with Crippen LogP contribution >= 0.6 is 23.2 Å². The molecule has 0 aliphatic rings. The molecule has 0 aromatic heterocycles. The smallest absolute Gasteiger partial charge is 0.314 e. The normalized spacial score (nSPS) is 12.9. The minimum atomic E-state index is -0.496. The largest absolute Gasteiger partial charge is 0.455 e. The van der Waals surface area contributed by atoms with E-state index in [9.17, 15) is 9.59 Å². The van der Waals surface area contributed by atoms with Crippen molar-refractivity contribution in [3.8, 4) is 0 Å². The van der Waals surface area contributed by atoms with E-state index in [0.29, 0.717) is 15.7 Å². The second-order valence-corrected chi connectivity index (χ2v) is 6.84. The summed E-state index contributed by atoms with van der Waals surface area (Å²) in [5.41, 5.74) is 1.18. The SMILES string of the molecule is CC[C@@H](C)[C@@H](C(=O)OCC(=O)Nc1c(Cl)cccc1Cl)c1ccccc1. The Labute approximate surface area is 163 Å². The quantitative estimate of drug-likeness (QED) is 0.648. The molecule has 2 rings (SSSR count). The first-order valence-corrected chi connectivity index (χ1v) is 9.15. The fraction of sp³-hybridized carbons (Fsp3) is 0.300. The number of carbonyl (C=O) groups excluding carboxylic acids is 2. The fourth-order valence-electron chi connectivity index (χ4n) is 2.61. The third-order valence-electron chi connectivity index (χ3n) is 4.20. The highest BCUT2D eigenvalue weighted by atomic mass is 35.5. The average molecular weight is 394 g/mol. The molecule has 0 heterocycles. The van der Waals surface area contributed by atoms with E-state index in [1.54, 1.807) is 18.2 Å². The molecule has 1 N–H and O–H groups in total. The zero-order chi connectivity index (χ0) is 19.1. The second kappa shape index (κ2) is 9.60. The van der Waals surface area contributed by atoms with Crippen molar-refractivity contribution in [2.45, 2.75) is 26.2 Å². The summed E-state index contributed by atoms with van der Waals surface area (Å²) >= 11 is 12.0. The van der Waals surface area contributed by atoms with Crippen LogP contribution in [-0.4, -0.2) is 18.5 Å². The van der Waals surface area contributed by atoms with Crippen LogP contribution in [0.15, 0.2) is 48.5 Å². The first-order chi connectivity index (χ1) is 12.4. The highest BCUT2D eigenvalue weighted by Crippen LogP contribution is 2.30. The molecule has 2 aromatic rings. The van der Waals surface area contributed by atoms with Crippen LogP contribution in [0.25, 0.3) is 0 Å². The van der Waals surface area contributed by atoms with E-state index in [1.165, 1.54) is 0 Å². The number of nitrogens with one attached hydrogen (secondary N) is 1. The molecule has 0 saturated carbocycles. The lowest BCUT2D eigenvalue weighted by Gasteiger charge is -2.21. The van der Waals surface area contributed by atoms with Gasteiger partial charge in [0.1, 0.15) is 0 Å². The molecule has 2 atom stereocenters. The molecular weight excluding hydrogens is 373 g/mol. The number of amides is 1. The van der Waals surface area contributed by atoms with Gasteiger partial charge in [-0.15, -0.1) is 0 Å². The lowest BCUT2D eigenvalue weighted by Crippen LogP contribution is -2.27. The molecular formula is C20H21Cl2NO3. The Balaban J connectivity index is 2.02. The van der Waals surface area contributed by atoms with Gasteiger partial charge in [-0.2, -0.15) is 0 Å². The molecule has 1 amide bonds. The van der Waals surface area contributed by atoms with E-state index >= 15 is 0 Å². The van der Waals surface area contributed by atoms with Gasteiger partial charge in [0.05, 0.1) is 21.7 Å². The van der Waals surface area contributed by atoms with Gasteiger partial charge < -0.3 is 10.1 Å². The summed E-state index contributed by atoms with van der Waals surface area (Å²) in [5.74, 6) is -1.25. The predicted octanol–water partition coefficient (Wildman–Crippen LogP) is 5.31. The second-order valence-electron chi connectivity index (χ2n) is 6.03. The number of hydrogen-bond donors (Lipinski definition) is 1. The maximum Gasteiger partial charge on any atom is 0.314 e. The molecule has 0 unspecified atom stereocenters. The maximum absolute atomic E-state index is 12.6. The molecule has 0 fully saturated rings. The van der Waals surface area contributed by atoms with Gasteiger partial charge in [0.25, 0.3) is 5.91 Å². The Kier molecular flexibility index (Phi) is 7.49. The fourth-order valence-corrected chi connectivity index (χ4v) is 3.10. The van der Waals surface area contributed by atoms with Crippen molar-refractivity contribution in [3.05, 3.63) is 64.1 Å². The summed E-state index contributed by atoms with van der Waals surface area (Å²) in [6.45, 7) is 3.60. The molecule has 0 aliphatic heterocycles. The molecule has 2 aromatic carbocycles. The lowest BCUT2D eigenvalue weighted by atomic mass is 9.86. The van der Waals surface area contributed by atoms with E-state index in [2.05, 4.69) is 5.32 Å². The number of esters is 1. The summed E-state index contributed by atoms with van der Waals surface area (Å²) in [4.78, 5) is 24.7. The Morgan fingerprint density at radius 2 is 1.65 bits per heavy atom. The van der Waals surface area contributed by atoms with E-state index in [0.717, 1.165) is 12.0 Å². The topological polar surface area (TPSA) is 55.4 Å². The van der Waals surface area contributed by atoms with E-state index in [1.807, 2.05) is 44.2 Å². The Morgan fingerprint density at radius 3 is 2.23 bits per heavy atom. The van der Waals surface area contributed by atoms with Crippen LogP contribution in [0.3, 0.4) is 0 Å². The molecule has 0 radical (unpaired) electrons. The number of hydrogen-bond acceptors (Lipinski definition) is 3. The van der Waals surface area contributed by atoms with Gasteiger partial charge in [-0.05, 0) is 23.6 Å². The number of halogens is 2. The number of carbonyl (C=O) groups is 2. The third-order valence-corrected chi connectivity index (χ3v) is 4.83. The van der Waals surface area contributed by atoms with Crippen molar-refractivity contribution < 1.29 is 14.3 Å². The van der Waals surface area contributed by atoms with E-state index in [-0.39, 0.29) is 5.92 Å². The molecule has 4 nitrogen and oxygen atoms in total. The number of anilines is 1. The molecule has 0 bridgehead atoms. The van der Waals surface area contributed by atoms with Crippen molar-refractivity contribution in [1.82, 2.24) is 0 Å². The van der Waals surface area contributed by atoms with Crippen molar-refractivity contribution in [3.63, 3.8) is 0 Å². The number of ether oxygens (including phenoxy) is 1. The Bertz CT molecular complexity index is 745. The summed E-state index contributed by atoms with van der Waals surface area (Å²) in [7, 11) is 0. The van der Waals surface area contributed by atoms with Gasteiger partial charge in [0.2, 0.25) is 0 Å². The number of benzene rings is 2. The van der Waals surface area contributed by atoms with Gasteiger partial charge in [0, 0.05) is 0 Å². The zero-order valence-electron chi connectivity index (χ0n) is 14.7. The van der Waals surface area contributed by atoms with Gasteiger partial charge in [-0.3, -0.25) is 9.59 Å². The molecule has 26 heavy (non-hydrogen) atoms. The van der Waals surface area contributed by atoms with Crippen molar-refractivity contribution in [1.29, 1.82) is 0 Å². The molecule has 0 aliphatic carbocycles.